The van der Waals surface area contributed by atoms with Gasteiger partial charge in [-0.2, -0.15) is 0 Å². The van der Waals surface area contributed by atoms with E-state index in [4.69, 9.17) is 10.5 Å². The Morgan fingerprint density at radius 2 is 1.85 bits per heavy atom. The van der Waals surface area contributed by atoms with Crippen molar-refractivity contribution < 1.29 is 9.53 Å². The molecule has 1 aromatic carbocycles. The molecule has 6 heteroatoms. The molecule has 0 aliphatic heterocycles. The Morgan fingerprint density at radius 3 is 2.35 bits per heavy atom. The lowest BCUT2D eigenvalue weighted by atomic mass is 10.1. The zero-order valence-corrected chi connectivity index (χ0v) is 13.4. The van der Waals surface area contributed by atoms with Gasteiger partial charge in [0.1, 0.15) is 11.6 Å². The second kappa shape index (κ2) is 5.28. The second-order valence-corrected chi connectivity index (χ2v) is 5.52. The summed E-state index contributed by atoms with van der Waals surface area (Å²) in [5.41, 5.74) is 9.24. The number of nitrogens with two attached hydrogens (primary N) is 1. The Kier molecular flexibility index (Phi) is 3.85. The molecule has 5 nitrogen and oxygen atoms in total. The lowest BCUT2D eigenvalue weighted by molar-refractivity contribution is 0.0596. The van der Waals surface area contributed by atoms with Crippen molar-refractivity contribution in [2.45, 2.75) is 20.8 Å². The maximum Gasteiger partial charge on any atom is 0.360 e. The molecule has 0 amide bonds. The van der Waals surface area contributed by atoms with Gasteiger partial charge in [-0.3, -0.25) is 4.57 Å². The van der Waals surface area contributed by atoms with E-state index in [1.165, 1.54) is 7.11 Å². The lowest BCUT2D eigenvalue weighted by Crippen LogP contribution is -2.09. The Balaban J connectivity index is 2.71. The first kappa shape index (κ1) is 14.6. The third-order valence-corrected chi connectivity index (χ3v) is 3.60. The lowest BCUT2D eigenvalue weighted by Gasteiger charge is -2.14. The summed E-state index contributed by atoms with van der Waals surface area (Å²) in [5, 5.41) is 0. The van der Waals surface area contributed by atoms with Crippen molar-refractivity contribution in [2.24, 2.45) is 0 Å². The summed E-state index contributed by atoms with van der Waals surface area (Å²) in [6.45, 7) is 5.79. The van der Waals surface area contributed by atoms with Gasteiger partial charge in [-0.1, -0.05) is 15.9 Å². The van der Waals surface area contributed by atoms with Gasteiger partial charge in [0.25, 0.3) is 0 Å². The van der Waals surface area contributed by atoms with Gasteiger partial charge in [0.15, 0.2) is 5.69 Å². The highest BCUT2D eigenvalue weighted by molar-refractivity contribution is 9.10. The number of aromatic nitrogens is 2. The average molecular weight is 338 g/mol. The van der Waals surface area contributed by atoms with Gasteiger partial charge in [0.2, 0.25) is 0 Å². The van der Waals surface area contributed by atoms with Crippen LogP contribution in [0.2, 0.25) is 0 Å². The van der Waals surface area contributed by atoms with Crippen LogP contribution in [0.1, 0.15) is 27.4 Å². The molecule has 2 rings (SSSR count). The summed E-state index contributed by atoms with van der Waals surface area (Å²) in [6.07, 6.45) is 0. The third-order valence-electron chi connectivity index (χ3n) is 3.14. The Labute approximate surface area is 125 Å². The van der Waals surface area contributed by atoms with Gasteiger partial charge in [-0.05, 0) is 44.0 Å². The molecular weight excluding hydrogens is 322 g/mol. The summed E-state index contributed by atoms with van der Waals surface area (Å²) in [6, 6.07) is 4.00. The van der Waals surface area contributed by atoms with Crippen LogP contribution in [-0.2, 0) is 4.74 Å². The number of methoxy groups -OCH3 is 1. The van der Waals surface area contributed by atoms with Crippen molar-refractivity contribution in [3.63, 3.8) is 0 Å². The number of anilines is 1. The topological polar surface area (TPSA) is 70.1 Å². The molecule has 0 bridgehead atoms. The molecule has 1 aromatic heterocycles. The van der Waals surface area contributed by atoms with E-state index in [0.29, 0.717) is 11.6 Å². The predicted octanol–water partition coefficient (Wildman–Crippen LogP) is 2.93. The molecule has 0 aliphatic rings. The molecule has 20 heavy (non-hydrogen) atoms. The normalized spacial score (nSPS) is 10.7. The maximum absolute atomic E-state index is 11.7. The number of benzene rings is 1. The quantitative estimate of drug-likeness (QED) is 0.855. The standard InChI is InChI=1S/C14H16BrN3O2/c1-7-5-10(15)6-8(2)12(7)18-9(3)17-11(13(18)16)14(19)20-4/h5-6H,16H2,1-4H3. The first-order valence-corrected chi connectivity index (χ1v) is 6.86. The van der Waals surface area contributed by atoms with E-state index in [9.17, 15) is 4.79 Å². The van der Waals surface area contributed by atoms with Crippen LogP contribution in [0.15, 0.2) is 16.6 Å². The molecule has 0 spiro atoms. The largest absolute Gasteiger partial charge is 0.464 e. The number of carbonyl (C=O) groups is 1. The summed E-state index contributed by atoms with van der Waals surface area (Å²) in [5.74, 6) is 0.413. The number of nitrogens with zero attached hydrogens (tertiary/aromatic N) is 2. The molecule has 2 aromatic rings. The highest BCUT2D eigenvalue weighted by Gasteiger charge is 2.21. The first-order valence-electron chi connectivity index (χ1n) is 6.07. The van der Waals surface area contributed by atoms with Gasteiger partial charge in [0, 0.05) is 4.47 Å². The predicted molar refractivity (Wildman–Crippen MR) is 81.2 cm³/mol. The Morgan fingerprint density at radius 1 is 1.30 bits per heavy atom. The van der Waals surface area contributed by atoms with Gasteiger partial charge >= 0.3 is 5.97 Å². The minimum atomic E-state index is -0.531. The molecule has 0 aliphatic carbocycles. The molecule has 106 valence electrons. The maximum atomic E-state index is 11.7. The molecule has 1 heterocycles. The summed E-state index contributed by atoms with van der Waals surface area (Å²) in [7, 11) is 1.31. The van der Waals surface area contributed by atoms with Crippen LogP contribution in [0.4, 0.5) is 5.82 Å². The number of imidazole rings is 1. The number of halogens is 1. The number of esters is 1. The van der Waals surface area contributed by atoms with Crippen LogP contribution in [0.5, 0.6) is 0 Å². The van der Waals surface area contributed by atoms with Crippen molar-refractivity contribution >= 4 is 27.7 Å². The van der Waals surface area contributed by atoms with E-state index in [0.717, 1.165) is 21.3 Å². The average Bonchev–Trinajstić information content (AvgIpc) is 2.65. The SMILES string of the molecule is COC(=O)c1nc(C)n(-c2c(C)cc(Br)cc2C)c1N. The van der Waals surface area contributed by atoms with Crippen LogP contribution >= 0.6 is 15.9 Å². The first-order chi connectivity index (χ1) is 9.36. The molecule has 0 saturated heterocycles. The molecule has 0 atom stereocenters. The van der Waals surface area contributed by atoms with E-state index in [1.54, 1.807) is 4.57 Å². The number of hydrogen-bond acceptors (Lipinski definition) is 4. The van der Waals surface area contributed by atoms with Crippen molar-refractivity contribution in [3.05, 3.63) is 39.3 Å². The number of ether oxygens (including phenoxy) is 1. The monoisotopic (exact) mass is 337 g/mol. The van der Waals surface area contributed by atoms with Gasteiger partial charge in [-0.25, -0.2) is 9.78 Å². The van der Waals surface area contributed by atoms with E-state index in [-0.39, 0.29) is 5.69 Å². The fraction of sp³-hybridized carbons (Fsp3) is 0.286. The van der Waals surface area contributed by atoms with Crippen LogP contribution in [0.3, 0.4) is 0 Å². The van der Waals surface area contributed by atoms with Crippen LogP contribution < -0.4 is 5.73 Å². The third kappa shape index (κ3) is 2.31. The van der Waals surface area contributed by atoms with Gasteiger partial charge in [-0.15, -0.1) is 0 Å². The Bertz CT molecular complexity index is 669. The van der Waals surface area contributed by atoms with Gasteiger partial charge in [0.05, 0.1) is 12.8 Å². The van der Waals surface area contributed by atoms with E-state index in [2.05, 4.69) is 20.9 Å². The van der Waals surface area contributed by atoms with Crippen molar-refractivity contribution in [1.29, 1.82) is 0 Å². The smallest absolute Gasteiger partial charge is 0.360 e. The Hall–Kier alpha value is -1.82. The summed E-state index contributed by atoms with van der Waals surface area (Å²) < 4.78 is 7.48. The van der Waals surface area contributed by atoms with Crippen molar-refractivity contribution in [1.82, 2.24) is 9.55 Å². The van der Waals surface area contributed by atoms with Crippen LogP contribution in [0.25, 0.3) is 5.69 Å². The minimum absolute atomic E-state index is 0.145. The number of rotatable bonds is 2. The van der Waals surface area contributed by atoms with E-state index >= 15 is 0 Å². The number of hydrogen-bond donors (Lipinski definition) is 1. The molecule has 0 fully saturated rings. The van der Waals surface area contributed by atoms with E-state index < -0.39 is 5.97 Å². The fourth-order valence-corrected chi connectivity index (χ4v) is 3.02. The number of nitrogen functional groups attached to an aromatic ring is 1. The molecule has 0 radical (unpaired) electrons. The van der Waals surface area contributed by atoms with E-state index in [1.807, 2.05) is 32.9 Å². The van der Waals surface area contributed by atoms with Gasteiger partial charge < -0.3 is 10.5 Å². The summed E-state index contributed by atoms with van der Waals surface area (Å²) in [4.78, 5) is 15.9. The van der Waals surface area contributed by atoms with Crippen LogP contribution in [-0.4, -0.2) is 22.6 Å². The number of aryl methyl sites for hydroxylation is 3. The second-order valence-electron chi connectivity index (χ2n) is 4.61. The van der Waals surface area contributed by atoms with Crippen molar-refractivity contribution in [2.75, 3.05) is 12.8 Å². The molecule has 0 unspecified atom stereocenters. The molecule has 2 N–H and O–H groups in total. The minimum Gasteiger partial charge on any atom is -0.464 e. The zero-order valence-electron chi connectivity index (χ0n) is 11.8. The highest BCUT2D eigenvalue weighted by atomic mass is 79.9. The molecule has 0 saturated carbocycles. The zero-order chi connectivity index (χ0) is 15.0. The summed E-state index contributed by atoms with van der Waals surface area (Å²) >= 11 is 3.47. The fourth-order valence-electron chi connectivity index (χ4n) is 2.33. The van der Waals surface area contributed by atoms with Crippen molar-refractivity contribution in [3.8, 4) is 5.69 Å². The highest BCUT2D eigenvalue weighted by Crippen LogP contribution is 2.29. The van der Waals surface area contributed by atoms with Crippen LogP contribution in [0, 0.1) is 20.8 Å². The number of carbonyl (C=O) groups excluding carboxylic acids is 1. The molecular formula is C14H16BrN3O2.